The molecule has 1 aromatic carbocycles. The Morgan fingerprint density at radius 2 is 2.19 bits per heavy atom. The average molecular weight is 308 g/mol. The lowest BCUT2D eigenvalue weighted by atomic mass is 10.4. The lowest BCUT2D eigenvalue weighted by Crippen LogP contribution is -2.30. The minimum atomic E-state index is -3.67. The van der Waals surface area contributed by atoms with E-state index < -0.39 is 16.0 Å². The third-order valence-electron chi connectivity index (χ3n) is 1.74. The van der Waals surface area contributed by atoms with Crippen LogP contribution >= 0.6 is 15.9 Å². The fourth-order valence-corrected chi connectivity index (χ4v) is 2.51. The van der Waals surface area contributed by atoms with Gasteiger partial charge in [0.1, 0.15) is 6.54 Å². The lowest BCUT2D eigenvalue weighted by Gasteiger charge is -2.05. The first-order valence-electron chi connectivity index (χ1n) is 4.28. The molecule has 5 nitrogen and oxygen atoms in total. The zero-order valence-electron chi connectivity index (χ0n) is 8.44. The van der Waals surface area contributed by atoms with Crippen molar-refractivity contribution in [2.45, 2.75) is 4.90 Å². The van der Waals surface area contributed by atoms with Gasteiger partial charge in [-0.05, 0) is 18.2 Å². The van der Waals surface area contributed by atoms with E-state index in [2.05, 4.69) is 25.4 Å². The van der Waals surface area contributed by atoms with Crippen molar-refractivity contribution in [3.05, 3.63) is 28.7 Å². The van der Waals surface area contributed by atoms with Crippen molar-refractivity contribution in [1.82, 2.24) is 4.72 Å². The summed E-state index contributed by atoms with van der Waals surface area (Å²) in [6.07, 6.45) is 0. The molecule has 7 heteroatoms. The Labute approximate surface area is 102 Å². The van der Waals surface area contributed by atoms with Crippen molar-refractivity contribution in [3.63, 3.8) is 0 Å². The fourth-order valence-electron chi connectivity index (χ4n) is 0.944. The van der Waals surface area contributed by atoms with E-state index in [1.165, 1.54) is 19.2 Å². The van der Waals surface area contributed by atoms with Crippen LogP contribution in [-0.4, -0.2) is 28.0 Å². The molecule has 0 bridgehead atoms. The highest BCUT2D eigenvalue weighted by molar-refractivity contribution is 9.10. The topological polar surface area (TPSA) is 72.5 Å². The summed E-state index contributed by atoms with van der Waals surface area (Å²) in [6, 6.07) is 6.18. The Balaban J connectivity index is 2.82. The molecule has 0 aliphatic carbocycles. The van der Waals surface area contributed by atoms with Crippen molar-refractivity contribution in [2.75, 3.05) is 13.7 Å². The molecule has 0 aliphatic rings. The predicted molar refractivity (Wildman–Crippen MR) is 61.3 cm³/mol. The van der Waals surface area contributed by atoms with Crippen LogP contribution in [0, 0.1) is 0 Å². The number of carbonyl (C=O) groups excluding carboxylic acids is 1. The highest BCUT2D eigenvalue weighted by Crippen LogP contribution is 2.15. The van der Waals surface area contributed by atoms with Gasteiger partial charge in [0.25, 0.3) is 0 Å². The summed E-state index contributed by atoms with van der Waals surface area (Å²) in [7, 11) is -2.48. The number of sulfonamides is 1. The maximum Gasteiger partial charge on any atom is 0.320 e. The van der Waals surface area contributed by atoms with Crippen LogP contribution in [0.2, 0.25) is 0 Å². The van der Waals surface area contributed by atoms with Crippen molar-refractivity contribution in [2.24, 2.45) is 0 Å². The van der Waals surface area contributed by atoms with Gasteiger partial charge in [0, 0.05) is 4.47 Å². The standard InChI is InChI=1S/C9H10BrNO4S/c1-15-9(12)6-11-16(13,14)8-4-2-3-7(10)5-8/h2-5,11H,6H2,1H3. The molecule has 0 fully saturated rings. The van der Waals surface area contributed by atoms with Crippen LogP contribution in [0.1, 0.15) is 0 Å². The van der Waals surface area contributed by atoms with E-state index in [0.29, 0.717) is 4.47 Å². The Morgan fingerprint density at radius 3 is 2.75 bits per heavy atom. The molecule has 0 spiro atoms. The Bertz CT molecular complexity index is 486. The first kappa shape index (κ1) is 13.1. The number of carbonyl (C=O) groups is 1. The van der Waals surface area contributed by atoms with Gasteiger partial charge in [0.2, 0.25) is 10.0 Å². The van der Waals surface area contributed by atoms with E-state index >= 15 is 0 Å². The summed E-state index contributed by atoms with van der Waals surface area (Å²) in [6.45, 7) is -0.384. The molecule has 0 unspecified atom stereocenters. The Morgan fingerprint density at radius 1 is 1.50 bits per heavy atom. The van der Waals surface area contributed by atoms with Crippen LogP contribution in [0.5, 0.6) is 0 Å². The second-order valence-electron chi connectivity index (χ2n) is 2.86. The molecular weight excluding hydrogens is 298 g/mol. The van der Waals surface area contributed by atoms with E-state index in [0.717, 1.165) is 0 Å². The van der Waals surface area contributed by atoms with Crippen molar-refractivity contribution in [3.8, 4) is 0 Å². The molecule has 0 aliphatic heterocycles. The molecule has 0 heterocycles. The summed E-state index contributed by atoms with van der Waals surface area (Å²) >= 11 is 3.16. The van der Waals surface area contributed by atoms with Crippen molar-refractivity contribution < 1.29 is 17.9 Å². The van der Waals surface area contributed by atoms with Crippen LogP contribution < -0.4 is 4.72 Å². The number of hydrogen-bond donors (Lipinski definition) is 1. The number of ether oxygens (including phenoxy) is 1. The summed E-state index contributed by atoms with van der Waals surface area (Å²) in [5.74, 6) is -0.640. The second kappa shape index (κ2) is 5.42. The van der Waals surface area contributed by atoms with E-state index in [-0.39, 0.29) is 11.4 Å². The zero-order chi connectivity index (χ0) is 12.2. The number of nitrogens with one attached hydrogen (secondary N) is 1. The highest BCUT2D eigenvalue weighted by Gasteiger charge is 2.15. The van der Waals surface area contributed by atoms with Gasteiger partial charge in [-0.3, -0.25) is 4.79 Å². The molecule has 0 atom stereocenters. The van der Waals surface area contributed by atoms with Gasteiger partial charge >= 0.3 is 5.97 Å². The molecule has 16 heavy (non-hydrogen) atoms. The minimum absolute atomic E-state index is 0.0887. The smallest absolute Gasteiger partial charge is 0.320 e. The molecule has 0 saturated heterocycles. The molecule has 88 valence electrons. The van der Waals surface area contributed by atoms with Crippen molar-refractivity contribution >= 4 is 31.9 Å². The quantitative estimate of drug-likeness (QED) is 0.839. The molecule has 1 rings (SSSR count). The largest absolute Gasteiger partial charge is 0.468 e. The van der Waals surface area contributed by atoms with Gasteiger partial charge in [-0.1, -0.05) is 22.0 Å². The van der Waals surface area contributed by atoms with Gasteiger partial charge < -0.3 is 4.74 Å². The second-order valence-corrected chi connectivity index (χ2v) is 5.54. The summed E-state index contributed by atoms with van der Waals surface area (Å²) < 4.78 is 30.4. The van der Waals surface area contributed by atoms with Gasteiger partial charge in [-0.2, -0.15) is 4.72 Å². The molecular formula is C9H10BrNO4S. The Hall–Kier alpha value is -0.920. The van der Waals surface area contributed by atoms with Gasteiger partial charge in [-0.25, -0.2) is 8.42 Å². The number of rotatable bonds is 4. The van der Waals surface area contributed by atoms with Gasteiger partial charge in [-0.15, -0.1) is 0 Å². The number of esters is 1. The third kappa shape index (κ3) is 3.58. The average Bonchev–Trinajstić information content (AvgIpc) is 2.26. The van der Waals surface area contributed by atoms with Crippen LogP contribution in [0.25, 0.3) is 0 Å². The third-order valence-corrected chi connectivity index (χ3v) is 3.63. The number of benzene rings is 1. The van der Waals surface area contributed by atoms with E-state index in [4.69, 9.17) is 0 Å². The summed E-state index contributed by atoms with van der Waals surface area (Å²) in [5, 5.41) is 0. The zero-order valence-corrected chi connectivity index (χ0v) is 10.8. The Kier molecular flexibility index (Phi) is 4.45. The normalized spacial score (nSPS) is 11.1. The molecule has 0 aromatic heterocycles. The number of hydrogen-bond acceptors (Lipinski definition) is 4. The number of halogens is 1. The van der Waals surface area contributed by atoms with E-state index in [9.17, 15) is 13.2 Å². The molecule has 0 amide bonds. The molecule has 1 N–H and O–H groups in total. The number of methoxy groups -OCH3 is 1. The first-order valence-corrected chi connectivity index (χ1v) is 6.55. The maximum absolute atomic E-state index is 11.7. The van der Waals surface area contributed by atoms with E-state index in [1.807, 2.05) is 0 Å². The molecule has 0 radical (unpaired) electrons. The van der Waals surface area contributed by atoms with Crippen molar-refractivity contribution in [1.29, 1.82) is 0 Å². The summed E-state index contributed by atoms with van der Waals surface area (Å²) in [5.41, 5.74) is 0. The van der Waals surface area contributed by atoms with E-state index in [1.54, 1.807) is 12.1 Å². The SMILES string of the molecule is COC(=O)CNS(=O)(=O)c1cccc(Br)c1. The van der Waals surface area contributed by atoms with Crippen LogP contribution in [-0.2, 0) is 19.6 Å². The molecule has 0 saturated carbocycles. The highest BCUT2D eigenvalue weighted by atomic mass is 79.9. The maximum atomic E-state index is 11.7. The van der Waals surface area contributed by atoms with Crippen LogP contribution in [0.4, 0.5) is 0 Å². The summed E-state index contributed by atoms with van der Waals surface area (Å²) in [4.78, 5) is 10.9. The van der Waals surface area contributed by atoms with Gasteiger partial charge in [0.05, 0.1) is 12.0 Å². The van der Waals surface area contributed by atoms with Crippen LogP contribution in [0.15, 0.2) is 33.6 Å². The minimum Gasteiger partial charge on any atom is -0.468 e. The fraction of sp³-hybridized carbons (Fsp3) is 0.222. The van der Waals surface area contributed by atoms with Gasteiger partial charge in [0.15, 0.2) is 0 Å². The monoisotopic (exact) mass is 307 g/mol. The lowest BCUT2D eigenvalue weighted by molar-refractivity contribution is -0.139. The predicted octanol–water partition coefficient (Wildman–Crippen LogP) is 0.900. The first-order chi connectivity index (χ1) is 7.45. The molecule has 1 aromatic rings. The van der Waals surface area contributed by atoms with Crippen LogP contribution in [0.3, 0.4) is 0 Å².